The van der Waals surface area contributed by atoms with Crippen molar-refractivity contribution >= 4 is 5.57 Å². The highest BCUT2D eigenvalue weighted by molar-refractivity contribution is 5.70. The number of piperidine rings is 1. The van der Waals surface area contributed by atoms with Gasteiger partial charge in [-0.15, -0.1) is 0 Å². The van der Waals surface area contributed by atoms with Gasteiger partial charge in [0.25, 0.3) is 0 Å². The van der Waals surface area contributed by atoms with E-state index in [9.17, 15) is 0 Å². The third kappa shape index (κ3) is 3.06. The SMILES string of the molecule is CCc1ccccc1C1=CC2CCCC(C1)N2Cc1ccccc1. The van der Waals surface area contributed by atoms with Crippen LogP contribution in [0.4, 0.5) is 0 Å². The van der Waals surface area contributed by atoms with E-state index < -0.39 is 0 Å². The number of benzene rings is 2. The van der Waals surface area contributed by atoms with Gasteiger partial charge in [0.1, 0.15) is 0 Å². The third-order valence-corrected chi connectivity index (χ3v) is 5.73. The molecule has 1 nitrogen and oxygen atoms in total. The van der Waals surface area contributed by atoms with Gasteiger partial charge in [-0.05, 0) is 47.9 Å². The number of hydrogen-bond acceptors (Lipinski definition) is 1. The Kier molecular flexibility index (Phi) is 4.53. The van der Waals surface area contributed by atoms with Gasteiger partial charge in [0.05, 0.1) is 0 Å². The first-order valence-corrected chi connectivity index (χ1v) is 9.44. The number of hydrogen-bond donors (Lipinski definition) is 0. The number of aryl methyl sites for hydroxylation is 1. The number of fused-ring (bicyclic) bond motifs is 2. The Morgan fingerprint density at radius 3 is 2.54 bits per heavy atom. The minimum absolute atomic E-state index is 0.609. The van der Waals surface area contributed by atoms with Gasteiger partial charge in [0.15, 0.2) is 0 Å². The molecule has 2 aliphatic heterocycles. The van der Waals surface area contributed by atoms with E-state index in [-0.39, 0.29) is 0 Å². The van der Waals surface area contributed by atoms with Crippen molar-refractivity contribution < 1.29 is 0 Å². The highest BCUT2D eigenvalue weighted by Crippen LogP contribution is 2.38. The van der Waals surface area contributed by atoms with Crippen LogP contribution in [0.15, 0.2) is 60.7 Å². The highest BCUT2D eigenvalue weighted by atomic mass is 15.2. The molecular weight excluding hydrogens is 290 g/mol. The van der Waals surface area contributed by atoms with Gasteiger partial charge in [-0.2, -0.15) is 0 Å². The fraction of sp³-hybridized carbons (Fsp3) is 0.391. The summed E-state index contributed by atoms with van der Waals surface area (Å²) in [6.07, 6.45) is 8.93. The van der Waals surface area contributed by atoms with E-state index in [1.54, 1.807) is 5.57 Å². The van der Waals surface area contributed by atoms with Crippen LogP contribution in [0.1, 0.15) is 49.3 Å². The highest BCUT2D eigenvalue weighted by Gasteiger charge is 2.34. The van der Waals surface area contributed by atoms with Crippen LogP contribution in [-0.2, 0) is 13.0 Å². The fourth-order valence-corrected chi connectivity index (χ4v) is 4.50. The molecule has 2 aliphatic rings. The molecule has 2 aromatic carbocycles. The van der Waals surface area contributed by atoms with Crippen molar-refractivity contribution in [3.05, 3.63) is 77.4 Å². The van der Waals surface area contributed by atoms with Gasteiger partial charge in [-0.1, -0.05) is 74.0 Å². The van der Waals surface area contributed by atoms with Crippen LogP contribution in [0.3, 0.4) is 0 Å². The standard InChI is InChI=1S/C23H27N/c1-2-19-11-6-7-14-23(19)20-15-21-12-8-13-22(16-20)24(21)17-18-9-4-3-5-10-18/h3-7,9-11,14-15,21-22H,2,8,12-13,16-17H2,1H3. The Morgan fingerprint density at radius 1 is 0.958 bits per heavy atom. The molecule has 2 aromatic rings. The minimum Gasteiger partial charge on any atom is -0.289 e. The summed E-state index contributed by atoms with van der Waals surface area (Å²) < 4.78 is 0. The Labute approximate surface area is 146 Å². The normalized spacial score (nSPS) is 23.8. The van der Waals surface area contributed by atoms with Gasteiger partial charge in [0, 0.05) is 18.6 Å². The molecule has 0 aromatic heterocycles. The monoisotopic (exact) mass is 317 g/mol. The molecule has 0 N–H and O–H groups in total. The van der Waals surface area contributed by atoms with Crippen LogP contribution in [0.25, 0.3) is 5.57 Å². The quantitative estimate of drug-likeness (QED) is 0.724. The van der Waals surface area contributed by atoms with Crippen molar-refractivity contribution in [3.63, 3.8) is 0 Å². The molecule has 0 amide bonds. The summed E-state index contributed by atoms with van der Waals surface area (Å²) in [5.41, 5.74) is 6.03. The Bertz CT molecular complexity index is 716. The molecule has 2 bridgehead atoms. The second-order valence-electron chi connectivity index (χ2n) is 7.22. The maximum atomic E-state index is 2.75. The molecular formula is C23H27N. The predicted molar refractivity (Wildman–Crippen MR) is 102 cm³/mol. The van der Waals surface area contributed by atoms with Crippen LogP contribution < -0.4 is 0 Å². The molecule has 124 valence electrons. The van der Waals surface area contributed by atoms with Crippen LogP contribution in [0, 0.1) is 0 Å². The summed E-state index contributed by atoms with van der Waals surface area (Å²) in [7, 11) is 0. The maximum Gasteiger partial charge on any atom is 0.0290 e. The van der Waals surface area contributed by atoms with E-state index in [1.165, 1.54) is 42.4 Å². The lowest BCUT2D eigenvalue weighted by Gasteiger charge is -2.45. The maximum absolute atomic E-state index is 2.75. The van der Waals surface area contributed by atoms with E-state index in [1.807, 2.05) is 0 Å². The lowest BCUT2D eigenvalue weighted by Crippen LogP contribution is -2.47. The number of rotatable bonds is 4. The predicted octanol–water partition coefficient (Wildman–Crippen LogP) is 5.46. The molecule has 1 fully saturated rings. The summed E-state index contributed by atoms with van der Waals surface area (Å²) in [6.45, 7) is 3.36. The molecule has 2 heterocycles. The van der Waals surface area contributed by atoms with Crippen LogP contribution >= 0.6 is 0 Å². The van der Waals surface area contributed by atoms with Gasteiger partial charge >= 0.3 is 0 Å². The second kappa shape index (κ2) is 6.94. The van der Waals surface area contributed by atoms with Gasteiger partial charge in [-0.3, -0.25) is 4.90 Å². The van der Waals surface area contributed by atoms with Crippen molar-refractivity contribution in [1.29, 1.82) is 0 Å². The third-order valence-electron chi connectivity index (χ3n) is 5.73. The topological polar surface area (TPSA) is 3.24 Å². The van der Waals surface area contributed by atoms with E-state index in [4.69, 9.17) is 0 Å². The smallest absolute Gasteiger partial charge is 0.0290 e. The molecule has 1 saturated heterocycles. The molecule has 2 atom stereocenters. The van der Waals surface area contributed by atoms with Crippen molar-refractivity contribution in [2.75, 3.05) is 0 Å². The fourth-order valence-electron chi connectivity index (χ4n) is 4.50. The number of nitrogens with zero attached hydrogens (tertiary/aromatic N) is 1. The van der Waals surface area contributed by atoms with E-state index in [0.29, 0.717) is 12.1 Å². The zero-order valence-corrected chi connectivity index (χ0v) is 14.6. The Morgan fingerprint density at radius 2 is 1.75 bits per heavy atom. The molecule has 0 saturated carbocycles. The first kappa shape index (κ1) is 15.7. The first-order valence-electron chi connectivity index (χ1n) is 9.44. The molecule has 24 heavy (non-hydrogen) atoms. The van der Waals surface area contributed by atoms with Crippen molar-refractivity contribution in [1.82, 2.24) is 4.90 Å². The van der Waals surface area contributed by atoms with Crippen molar-refractivity contribution in [2.45, 2.75) is 57.7 Å². The van der Waals surface area contributed by atoms with Crippen molar-refractivity contribution in [3.8, 4) is 0 Å². The van der Waals surface area contributed by atoms with E-state index >= 15 is 0 Å². The first-order chi connectivity index (χ1) is 11.8. The lowest BCUT2D eigenvalue weighted by molar-refractivity contribution is 0.0951. The average Bonchev–Trinajstić information content (AvgIpc) is 2.62. The Hall–Kier alpha value is -1.86. The van der Waals surface area contributed by atoms with Crippen LogP contribution in [-0.4, -0.2) is 17.0 Å². The largest absolute Gasteiger partial charge is 0.289 e. The Balaban J connectivity index is 1.62. The molecule has 0 spiro atoms. The molecule has 0 radical (unpaired) electrons. The minimum atomic E-state index is 0.609. The summed E-state index contributed by atoms with van der Waals surface area (Å²) in [6, 6.07) is 21.3. The van der Waals surface area contributed by atoms with Gasteiger partial charge < -0.3 is 0 Å². The zero-order chi connectivity index (χ0) is 16.4. The molecule has 2 unspecified atom stereocenters. The summed E-state index contributed by atoms with van der Waals surface area (Å²) in [4.78, 5) is 2.75. The average molecular weight is 317 g/mol. The molecule has 1 heteroatoms. The second-order valence-corrected chi connectivity index (χ2v) is 7.22. The van der Waals surface area contributed by atoms with E-state index in [2.05, 4.69) is 72.5 Å². The zero-order valence-electron chi connectivity index (χ0n) is 14.6. The summed E-state index contributed by atoms with van der Waals surface area (Å²) in [5.74, 6) is 0. The van der Waals surface area contributed by atoms with E-state index in [0.717, 1.165) is 13.0 Å². The van der Waals surface area contributed by atoms with Gasteiger partial charge in [-0.25, -0.2) is 0 Å². The molecule has 0 aliphatic carbocycles. The summed E-state index contributed by atoms with van der Waals surface area (Å²) >= 11 is 0. The van der Waals surface area contributed by atoms with Crippen molar-refractivity contribution in [2.24, 2.45) is 0 Å². The molecule has 4 rings (SSSR count). The summed E-state index contributed by atoms with van der Waals surface area (Å²) in [5, 5.41) is 0. The van der Waals surface area contributed by atoms with Crippen LogP contribution in [0.5, 0.6) is 0 Å². The lowest BCUT2D eigenvalue weighted by atomic mass is 9.81. The van der Waals surface area contributed by atoms with Crippen LogP contribution in [0.2, 0.25) is 0 Å². The van der Waals surface area contributed by atoms with Gasteiger partial charge in [0.2, 0.25) is 0 Å².